The van der Waals surface area contributed by atoms with E-state index in [-0.39, 0.29) is 12.2 Å². The van der Waals surface area contributed by atoms with Crippen molar-refractivity contribution in [2.24, 2.45) is 0 Å². The third kappa shape index (κ3) is 3.97. The van der Waals surface area contributed by atoms with E-state index in [4.69, 9.17) is 5.11 Å². The van der Waals surface area contributed by atoms with E-state index in [9.17, 15) is 22.8 Å². The second-order valence-corrected chi connectivity index (χ2v) is 5.09. The Morgan fingerprint density at radius 1 is 1.27 bits per heavy atom. The average molecular weight is 316 g/mol. The maximum atomic E-state index is 12.4. The molecule has 1 aliphatic heterocycles. The minimum Gasteiger partial charge on any atom is -0.480 e. The van der Waals surface area contributed by atoms with Crippen molar-refractivity contribution < 1.29 is 27.9 Å². The van der Waals surface area contributed by atoms with Gasteiger partial charge in [0.25, 0.3) is 0 Å². The molecule has 1 aromatic carbocycles. The summed E-state index contributed by atoms with van der Waals surface area (Å²) < 4.78 is 37.3. The summed E-state index contributed by atoms with van der Waals surface area (Å²) in [4.78, 5) is 24.4. The minimum absolute atomic E-state index is 0.0992. The van der Waals surface area contributed by atoms with E-state index >= 15 is 0 Å². The van der Waals surface area contributed by atoms with Crippen LogP contribution in [0.25, 0.3) is 0 Å². The van der Waals surface area contributed by atoms with Crippen molar-refractivity contribution in [2.45, 2.75) is 25.1 Å². The molecular weight excluding hydrogens is 301 g/mol. The van der Waals surface area contributed by atoms with Crippen LogP contribution in [0.4, 0.5) is 18.9 Å². The number of likely N-dealkylation sites (tertiary alicyclic amines) is 1. The van der Waals surface area contributed by atoms with Gasteiger partial charge in [0.05, 0.1) is 12.1 Å². The summed E-state index contributed by atoms with van der Waals surface area (Å²) in [7, 11) is 0. The quantitative estimate of drug-likeness (QED) is 0.893. The molecule has 0 bridgehead atoms. The van der Waals surface area contributed by atoms with Crippen LogP contribution in [-0.2, 0) is 15.8 Å². The Morgan fingerprint density at radius 2 is 1.91 bits per heavy atom. The number of carboxylic acids is 1. The molecule has 1 saturated heterocycles. The van der Waals surface area contributed by atoms with E-state index in [1.165, 1.54) is 12.1 Å². The number of hydrogen-bond donors (Lipinski definition) is 2. The van der Waals surface area contributed by atoms with Crippen LogP contribution in [0.2, 0.25) is 0 Å². The number of amides is 1. The highest BCUT2D eigenvalue weighted by Gasteiger charge is 2.32. The number of carbonyl (C=O) groups is 2. The van der Waals surface area contributed by atoms with Crippen LogP contribution in [0.1, 0.15) is 18.4 Å². The Kier molecular flexibility index (Phi) is 4.70. The van der Waals surface area contributed by atoms with Crippen LogP contribution in [0.15, 0.2) is 24.3 Å². The molecule has 1 atom stereocenters. The van der Waals surface area contributed by atoms with Gasteiger partial charge in [0.15, 0.2) is 0 Å². The van der Waals surface area contributed by atoms with Crippen LogP contribution in [0, 0.1) is 0 Å². The molecule has 1 heterocycles. The molecule has 120 valence electrons. The molecular formula is C14H15F3N2O3. The van der Waals surface area contributed by atoms with Gasteiger partial charge in [0.2, 0.25) is 5.91 Å². The Labute approximate surface area is 124 Å². The smallest absolute Gasteiger partial charge is 0.416 e. The largest absolute Gasteiger partial charge is 0.480 e. The fourth-order valence-electron chi connectivity index (χ4n) is 2.42. The van der Waals surface area contributed by atoms with Crippen LogP contribution >= 0.6 is 0 Å². The molecule has 0 radical (unpaired) electrons. The molecule has 1 fully saturated rings. The van der Waals surface area contributed by atoms with Crippen molar-refractivity contribution in [1.82, 2.24) is 4.90 Å². The number of rotatable bonds is 4. The summed E-state index contributed by atoms with van der Waals surface area (Å²) in [5, 5.41) is 11.5. The van der Waals surface area contributed by atoms with Gasteiger partial charge in [-0.25, -0.2) is 0 Å². The lowest BCUT2D eigenvalue weighted by Crippen LogP contribution is -2.40. The molecule has 0 spiro atoms. The highest BCUT2D eigenvalue weighted by atomic mass is 19.4. The zero-order chi connectivity index (χ0) is 16.3. The first-order valence-corrected chi connectivity index (χ1v) is 6.71. The first kappa shape index (κ1) is 16.3. The molecule has 2 N–H and O–H groups in total. The van der Waals surface area contributed by atoms with Crippen LogP contribution in [0.3, 0.4) is 0 Å². The number of aliphatic carboxylic acids is 1. The van der Waals surface area contributed by atoms with Crippen molar-refractivity contribution >= 4 is 17.6 Å². The summed E-state index contributed by atoms with van der Waals surface area (Å²) in [6, 6.07) is 3.41. The maximum Gasteiger partial charge on any atom is 0.416 e. The zero-order valence-electron chi connectivity index (χ0n) is 11.6. The average Bonchev–Trinajstić information content (AvgIpc) is 2.86. The third-order valence-corrected chi connectivity index (χ3v) is 3.49. The van der Waals surface area contributed by atoms with Gasteiger partial charge in [0, 0.05) is 5.69 Å². The number of carbonyl (C=O) groups excluding carboxylic acids is 1. The molecule has 0 aliphatic carbocycles. The number of nitrogens with one attached hydrogen (secondary N) is 1. The molecule has 0 unspecified atom stereocenters. The van der Waals surface area contributed by atoms with Gasteiger partial charge in [0.1, 0.15) is 6.04 Å². The second-order valence-electron chi connectivity index (χ2n) is 5.09. The van der Waals surface area contributed by atoms with Crippen molar-refractivity contribution in [3.05, 3.63) is 29.8 Å². The van der Waals surface area contributed by atoms with Gasteiger partial charge in [-0.05, 0) is 43.7 Å². The first-order chi connectivity index (χ1) is 10.3. The number of hydrogen-bond acceptors (Lipinski definition) is 3. The zero-order valence-corrected chi connectivity index (χ0v) is 11.6. The molecule has 8 heteroatoms. The molecule has 5 nitrogen and oxygen atoms in total. The number of nitrogens with zero attached hydrogens (tertiary/aromatic N) is 1. The molecule has 1 amide bonds. The first-order valence-electron chi connectivity index (χ1n) is 6.71. The topological polar surface area (TPSA) is 69.6 Å². The van der Waals surface area contributed by atoms with E-state index in [1.807, 2.05) is 0 Å². The maximum absolute atomic E-state index is 12.4. The van der Waals surface area contributed by atoms with E-state index in [2.05, 4.69) is 5.32 Å². The van der Waals surface area contributed by atoms with Crippen LogP contribution in [0.5, 0.6) is 0 Å². The number of alkyl halides is 3. The van der Waals surface area contributed by atoms with Gasteiger partial charge in [-0.1, -0.05) is 0 Å². The fourth-order valence-corrected chi connectivity index (χ4v) is 2.42. The fraction of sp³-hybridized carbons (Fsp3) is 0.429. The Bertz CT molecular complexity index is 557. The van der Waals surface area contributed by atoms with Crippen molar-refractivity contribution in [3.63, 3.8) is 0 Å². The van der Waals surface area contributed by atoms with E-state index < -0.39 is 29.7 Å². The minimum atomic E-state index is -4.42. The molecule has 0 saturated carbocycles. The Hall–Kier alpha value is -2.09. The van der Waals surface area contributed by atoms with Crippen LogP contribution in [-0.4, -0.2) is 41.0 Å². The van der Waals surface area contributed by atoms with Crippen molar-refractivity contribution in [3.8, 4) is 0 Å². The van der Waals surface area contributed by atoms with Gasteiger partial charge in [-0.15, -0.1) is 0 Å². The van der Waals surface area contributed by atoms with E-state index in [1.54, 1.807) is 4.90 Å². The van der Waals surface area contributed by atoms with E-state index in [0.29, 0.717) is 19.4 Å². The number of carboxylic acid groups (broad SMARTS) is 1. The van der Waals surface area contributed by atoms with Crippen molar-refractivity contribution in [2.75, 3.05) is 18.4 Å². The Morgan fingerprint density at radius 3 is 2.45 bits per heavy atom. The highest BCUT2D eigenvalue weighted by Crippen LogP contribution is 2.29. The molecule has 1 aromatic rings. The predicted molar refractivity (Wildman–Crippen MR) is 72.3 cm³/mol. The van der Waals surface area contributed by atoms with Gasteiger partial charge < -0.3 is 10.4 Å². The summed E-state index contributed by atoms with van der Waals surface area (Å²) >= 11 is 0. The lowest BCUT2D eigenvalue weighted by Gasteiger charge is -2.20. The second kappa shape index (κ2) is 6.35. The van der Waals surface area contributed by atoms with Gasteiger partial charge in [-0.2, -0.15) is 13.2 Å². The van der Waals surface area contributed by atoms with Crippen LogP contribution < -0.4 is 5.32 Å². The summed E-state index contributed by atoms with van der Waals surface area (Å²) in [5.41, 5.74) is -0.556. The van der Waals surface area contributed by atoms with Gasteiger partial charge >= 0.3 is 12.1 Å². The standard InChI is InChI=1S/C14H15F3N2O3/c15-14(16,17)9-3-5-10(6-4-9)18-12(20)8-19-7-1-2-11(19)13(21)22/h3-6,11H,1-2,7-8H2,(H,18,20)(H,21,22)/t11-/m1/s1. The summed E-state index contributed by atoms with van der Waals surface area (Å²) in [6.45, 7) is 0.412. The van der Waals surface area contributed by atoms with Gasteiger partial charge in [-0.3, -0.25) is 14.5 Å². The number of halogens is 3. The Balaban J connectivity index is 1.93. The predicted octanol–water partition coefficient (Wildman–Crippen LogP) is 2.19. The highest BCUT2D eigenvalue weighted by molar-refractivity contribution is 5.92. The van der Waals surface area contributed by atoms with E-state index in [0.717, 1.165) is 12.1 Å². The number of anilines is 1. The number of benzene rings is 1. The molecule has 2 rings (SSSR count). The monoisotopic (exact) mass is 316 g/mol. The van der Waals surface area contributed by atoms with Crippen molar-refractivity contribution in [1.29, 1.82) is 0 Å². The summed E-state index contributed by atoms with van der Waals surface area (Å²) in [5.74, 6) is -1.42. The lowest BCUT2D eigenvalue weighted by molar-refractivity contribution is -0.142. The SMILES string of the molecule is O=C(CN1CCC[C@@H]1C(=O)O)Nc1ccc(C(F)(F)F)cc1. The molecule has 22 heavy (non-hydrogen) atoms. The summed E-state index contributed by atoms with van der Waals surface area (Å²) in [6.07, 6.45) is -3.24. The molecule has 1 aliphatic rings. The normalized spacial score (nSPS) is 19.1. The molecule has 0 aromatic heterocycles. The third-order valence-electron chi connectivity index (χ3n) is 3.49. The lowest BCUT2D eigenvalue weighted by atomic mass is 10.2.